The minimum atomic E-state index is -0.540. The van der Waals surface area contributed by atoms with Crippen LogP contribution in [0.1, 0.15) is 92.0 Å². The highest BCUT2D eigenvalue weighted by Gasteiger charge is 2.52. The van der Waals surface area contributed by atoms with E-state index in [1.807, 2.05) is 6.92 Å². The molecule has 0 aromatic carbocycles. The Bertz CT molecular complexity index is 1130. The number of carbonyl (C=O) groups excluding carboxylic acids is 1. The Morgan fingerprint density at radius 2 is 1.85 bits per heavy atom. The van der Waals surface area contributed by atoms with E-state index in [1.165, 1.54) is 49.9 Å². The summed E-state index contributed by atoms with van der Waals surface area (Å²) in [5.74, 6) is 1.83. The van der Waals surface area contributed by atoms with Crippen molar-refractivity contribution >= 4 is 22.4 Å². The van der Waals surface area contributed by atoms with Gasteiger partial charge < -0.3 is 9.67 Å². The van der Waals surface area contributed by atoms with Crippen molar-refractivity contribution in [3.63, 3.8) is 0 Å². The van der Waals surface area contributed by atoms with Crippen LogP contribution in [-0.2, 0) is 24.8 Å². The number of hydrogen-bond acceptors (Lipinski definition) is 5. The predicted molar refractivity (Wildman–Crippen MR) is 129 cm³/mol. The number of hydrogen-bond donors (Lipinski definition) is 2. The molecule has 0 atom stereocenters. The maximum Gasteiger partial charge on any atom is 0.267 e. The van der Waals surface area contributed by atoms with E-state index in [4.69, 9.17) is 4.98 Å². The van der Waals surface area contributed by atoms with Gasteiger partial charge in [0.15, 0.2) is 5.13 Å². The number of nitrogens with zero attached hydrogens (tertiary/aromatic N) is 2. The number of anilines is 1. The summed E-state index contributed by atoms with van der Waals surface area (Å²) in [6.07, 6.45) is 12.1. The van der Waals surface area contributed by atoms with Crippen LogP contribution in [0.4, 0.5) is 5.13 Å². The Morgan fingerprint density at radius 1 is 1.18 bits per heavy atom. The van der Waals surface area contributed by atoms with E-state index in [-0.39, 0.29) is 22.3 Å². The van der Waals surface area contributed by atoms with Crippen molar-refractivity contribution in [2.45, 2.75) is 89.5 Å². The van der Waals surface area contributed by atoms with Gasteiger partial charge in [0.25, 0.3) is 11.5 Å². The first-order valence-corrected chi connectivity index (χ1v) is 13.6. The van der Waals surface area contributed by atoms with Crippen molar-refractivity contribution < 1.29 is 9.90 Å². The summed E-state index contributed by atoms with van der Waals surface area (Å²) in [6.45, 7) is 2.59. The van der Waals surface area contributed by atoms with E-state index in [0.29, 0.717) is 18.1 Å². The molecule has 4 fully saturated rings. The van der Waals surface area contributed by atoms with E-state index in [1.54, 1.807) is 4.57 Å². The van der Waals surface area contributed by atoms with Gasteiger partial charge in [0, 0.05) is 28.6 Å². The Morgan fingerprint density at radius 3 is 2.52 bits per heavy atom. The molecule has 5 aliphatic carbocycles. The second-order valence-corrected chi connectivity index (χ2v) is 11.9. The number of pyridine rings is 1. The van der Waals surface area contributed by atoms with Crippen molar-refractivity contribution in [3.8, 4) is 5.75 Å². The lowest BCUT2D eigenvalue weighted by atomic mass is 9.49. The summed E-state index contributed by atoms with van der Waals surface area (Å²) in [4.78, 5) is 31.3. The molecule has 0 radical (unpaired) electrons. The standard InChI is InChI=1S/C26H33N3O3S/c1-2-7-29-19-6-4-3-5-18(19)22(30)21(24(29)32)23(31)28-25-27-20(14-33-25)26-11-15-8-16(12-26)10-17(9-15)13-26/h14-17,30H,2-13H2,1H3,(H,27,28,31). The van der Waals surface area contributed by atoms with Crippen LogP contribution in [0, 0.1) is 17.8 Å². The van der Waals surface area contributed by atoms with Gasteiger partial charge in [-0.1, -0.05) is 6.92 Å². The predicted octanol–water partition coefficient (Wildman–Crippen LogP) is 5.02. The molecule has 0 saturated heterocycles. The molecule has 1 amide bonds. The fourth-order valence-corrected chi connectivity index (χ4v) is 8.60. The zero-order valence-electron chi connectivity index (χ0n) is 19.4. The number of fused-ring (bicyclic) bond motifs is 1. The van der Waals surface area contributed by atoms with E-state index in [0.717, 1.165) is 60.4 Å². The summed E-state index contributed by atoms with van der Waals surface area (Å²) in [5.41, 5.74) is 2.46. The summed E-state index contributed by atoms with van der Waals surface area (Å²) >= 11 is 1.44. The van der Waals surface area contributed by atoms with Crippen LogP contribution in [0.15, 0.2) is 10.2 Å². The number of rotatable bonds is 5. The lowest BCUT2D eigenvalue weighted by molar-refractivity contribution is -0.00688. The molecule has 2 N–H and O–H groups in total. The van der Waals surface area contributed by atoms with E-state index < -0.39 is 5.91 Å². The van der Waals surface area contributed by atoms with Gasteiger partial charge in [0.1, 0.15) is 11.3 Å². The van der Waals surface area contributed by atoms with Crippen LogP contribution in [0.3, 0.4) is 0 Å². The molecule has 2 aromatic heterocycles. The Labute approximate surface area is 198 Å². The number of aromatic hydroxyl groups is 1. The van der Waals surface area contributed by atoms with Gasteiger partial charge in [-0.05, 0) is 88.4 Å². The molecule has 4 bridgehead atoms. The normalized spacial score (nSPS) is 29.8. The average Bonchev–Trinajstić information content (AvgIpc) is 3.25. The maximum absolute atomic E-state index is 13.2. The second kappa shape index (κ2) is 7.97. The topological polar surface area (TPSA) is 84.2 Å². The maximum atomic E-state index is 13.2. The van der Waals surface area contributed by atoms with Crippen LogP contribution in [0.25, 0.3) is 0 Å². The van der Waals surface area contributed by atoms with E-state index in [2.05, 4.69) is 10.7 Å². The number of amides is 1. The molecule has 2 aromatic rings. The zero-order chi connectivity index (χ0) is 22.7. The molecule has 5 aliphatic rings. The molecule has 0 unspecified atom stereocenters. The highest BCUT2D eigenvalue weighted by Crippen LogP contribution is 2.60. The van der Waals surface area contributed by atoms with Crippen LogP contribution in [0.5, 0.6) is 5.75 Å². The van der Waals surface area contributed by atoms with Gasteiger partial charge in [0.05, 0.1) is 5.69 Å². The molecule has 2 heterocycles. The monoisotopic (exact) mass is 467 g/mol. The Hall–Kier alpha value is -2.15. The third kappa shape index (κ3) is 3.46. The molecule has 4 saturated carbocycles. The average molecular weight is 468 g/mol. The van der Waals surface area contributed by atoms with Gasteiger partial charge in [-0.25, -0.2) is 4.98 Å². The summed E-state index contributed by atoms with van der Waals surface area (Å²) in [6, 6.07) is 0. The first kappa shape index (κ1) is 21.4. The lowest BCUT2D eigenvalue weighted by Gasteiger charge is -2.56. The van der Waals surface area contributed by atoms with Crippen molar-refractivity contribution in [1.82, 2.24) is 9.55 Å². The Kier molecular flexibility index (Phi) is 5.16. The SMILES string of the molecule is CCCn1c2c(c(O)c(C(=O)Nc3nc(C45CC6CC(CC(C6)C4)C5)cs3)c1=O)CCCC2. The molecular weight excluding hydrogens is 434 g/mol. The number of carbonyl (C=O) groups is 1. The largest absolute Gasteiger partial charge is 0.507 e. The van der Waals surface area contributed by atoms with Crippen molar-refractivity contribution in [1.29, 1.82) is 0 Å². The third-order valence-electron chi connectivity index (χ3n) is 8.73. The molecule has 7 heteroatoms. The quantitative estimate of drug-likeness (QED) is 0.647. The van der Waals surface area contributed by atoms with Crippen LogP contribution >= 0.6 is 11.3 Å². The van der Waals surface area contributed by atoms with Gasteiger partial charge in [-0.2, -0.15) is 0 Å². The van der Waals surface area contributed by atoms with E-state index >= 15 is 0 Å². The van der Waals surface area contributed by atoms with Crippen LogP contribution in [0.2, 0.25) is 0 Å². The van der Waals surface area contributed by atoms with Crippen molar-refractivity contribution in [2.75, 3.05) is 5.32 Å². The van der Waals surface area contributed by atoms with Crippen LogP contribution in [-0.4, -0.2) is 20.6 Å². The van der Waals surface area contributed by atoms with Gasteiger partial charge >= 0.3 is 0 Å². The molecule has 33 heavy (non-hydrogen) atoms. The van der Waals surface area contributed by atoms with Gasteiger partial charge in [0.2, 0.25) is 0 Å². The fourth-order valence-electron chi connectivity index (χ4n) is 7.78. The molecule has 7 rings (SSSR count). The first-order chi connectivity index (χ1) is 16.0. The number of nitrogens with one attached hydrogen (secondary N) is 1. The van der Waals surface area contributed by atoms with Crippen molar-refractivity contribution in [3.05, 3.63) is 38.2 Å². The lowest BCUT2D eigenvalue weighted by Crippen LogP contribution is -2.48. The smallest absolute Gasteiger partial charge is 0.267 e. The minimum Gasteiger partial charge on any atom is -0.507 e. The van der Waals surface area contributed by atoms with Gasteiger partial charge in [-0.3, -0.25) is 14.9 Å². The molecular formula is C26H33N3O3S. The van der Waals surface area contributed by atoms with Crippen LogP contribution < -0.4 is 10.9 Å². The third-order valence-corrected chi connectivity index (χ3v) is 9.48. The molecule has 0 spiro atoms. The summed E-state index contributed by atoms with van der Waals surface area (Å²) < 4.78 is 1.71. The molecule has 0 aliphatic heterocycles. The number of thiazole rings is 1. The molecule has 176 valence electrons. The Balaban J connectivity index is 1.29. The highest BCUT2D eigenvalue weighted by molar-refractivity contribution is 7.14. The summed E-state index contributed by atoms with van der Waals surface area (Å²) in [7, 11) is 0. The van der Waals surface area contributed by atoms with E-state index in [9.17, 15) is 14.7 Å². The molecule has 6 nitrogen and oxygen atoms in total. The minimum absolute atomic E-state index is 0.127. The highest BCUT2D eigenvalue weighted by atomic mass is 32.1. The second-order valence-electron chi connectivity index (χ2n) is 11.0. The van der Waals surface area contributed by atoms with Crippen molar-refractivity contribution in [2.24, 2.45) is 17.8 Å². The zero-order valence-corrected chi connectivity index (χ0v) is 20.2. The van der Waals surface area contributed by atoms with Gasteiger partial charge in [-0.15, -0.1) is 11.3 Å². The number of aromatic nitrogens is 2. The summed E-state index contributed by atoms with van der Waals surface area (Å²) in [5, 5.41) is 16.4. The first-order valence-electron chi connectivity index (χ1n) is 12.7. The fraction of sp³-hybridized carbons (Fsp3) is 0.654.